The molecule has 7 nitrogen and oxygen atoms in total. The summed E-state index contributed by atoms with van der Waals surface area (Å²) >= 11 is 3.32. The molecule has 104 valence electrons. The predicted octanol–water partition coefficient (Wildman–Crippen LogP) is 1.14. The van der Waals surface area contributed by atoms with Gasteiger partial charge in [-0.25, -0.2) is 9.67 Å². The first-order valence-corrected chi connectivity index (χ1v) is 6.99. The predicted molar refractivity (Wildman–Crippen MR) is 76.6 cm³/mol. The lowest BCUT2D eigenvalue weighted by molar-refractivity contribution is 0.102. The van der Waals surface area contributed by atoms with Crippen molar-refractivity contribution in [2.75, 3.05) is 18.4 Å². The molecule has 1 aliphatic heterocycles. The van der Waals surface area contributed by atoms with Crippen molar-refractivity contribution in [3.63, 3.8) is 0 Å². The third-order valence-electron chi connectivity index (χ3n) is 3.15. The number of hydrogen-bond acceptors (Lipinski definition) is 5. The summed E-state index contributed by atoms with van der Waals surface area (Å²) in [4.78, 5) is 16.2. The summed E-state index contributed by atoms with van der Waals surface area (Å²) in [5, 5.41) is 13.8. The number of amides is 1. The van der Waals surface area contributed by atoms with Crippen molar-refractivity contribution in [1.29, 1.82) is 0 Å². The fourth-order valence-corrected chi connectivity index (χ4v) is 2.06. The Labute approximate surface area is 123 Å². The summed E-state index contributed by atoms with van der Waals surface area (Å²) in [6, 6.07) is 2.13. The van der Waals surface area contributed by atoms with Crippen LogP contribution in [0.3, 0.4) is 0 Å². The molecule has 0 atom stereocenters. The van der Waals surface area contributed by atoms with Crippen LogP contribution in [0.1, 0.15) is 22.1 Å². The van der Waals surface area contributed by atoms with Crippen molar-refractivity contribution >= 4 is 27.5 Å². The Morgan fingerprint density at radius 2 is 2.35 bits per heavy atom. The van der Waals surface area contributed by atoms with Crippen molar-refractivity contribution in [1.82, 2.24) is 25.3 Å². The Bertz CT molecular complexity index is 651. The summed E-state index contributed by atoms with van der Waals surface area (Å²) in [5.74, 6) is -0.285. The number of aryl methyl sites for hydroxylation is 1. The van der Waals surface area contributed by atoms with Crippen molar-refractivity contribution < 1.29 is 4.79 Å². The summed E-state index contributed by atoms with van der Waals surface area (Å²) < 4.78 is 2.48. The number of rotatable bonds is 3. The van der Waals surface area contributed by atoms with E-state index in [9.17, 15) is 4.79 Å². The number of pyridine rings is 1. The maximum atomic E-state index is 12.1. The highest BCUT2D eigenvalue weighted by Gasteiger charge is 2.21. The molecule has 1 fully saturated rings. The molecule has 0 unspecified atom stereocenters. The molecular weight excluding hydrogens is 324 g/mol. The molecule has 0 aromatic carbocycles. The summed E-state index contributed by atoms with van der Waals surface area (Å²) in [5.41, 5.74) is 1.89. The van der Waals surface area contributed by atoms with Gasteiger partial charge in [-0.2, -0.15) is 0 Å². The van der Waals surface area contributed by atoms with E-state index >= 15 is 0 Å². The fourth-order valence-electron chi connectivity index (χ4n) is 1.84. The molecule has 0 spiro atoms. The molecule has 0 aliphatic carbocycles. The third-order valence-corrected chi connectivity index (χ3v) is 3.98. The zero-order chi connectivity index (χ0) is 14.1. The Morgan fingerprint density at radius 3 is 3.00 bits per heavy atom. The highest BCUT2D eigenvalue weighted by molar-refractivity contribution is 9.10. The highest BCUT2D eigenvalue weighted by Crippen LogP contribution is 2.17. The Hall–Kier alpha value is -1.80. The number of nitrogens with one attached hydrogen (secondary N) is 2. The first kappa shape index (κ1) is 13.2. The molecule has 2 N–H and O–H groups in total. The molecular formula is C12H13BrN6O. The normalized spacial score (nSPS) is 14.9. The molecule has 1 amide bonds. The molecule has 20 heavy (non-hydrogen) atoms. The maximum absolute atomic E-state index is 12.1. The van der Waals surface area contributed by atoms with Gasteiger partial charge in [0.2, 0.25) is 0 Å². The van der Waals surface area contributed by atoms with Gasteiger partial charge in [0.05, 0.1) is 24.1 Å². The van der Waals surface area contributed by atoms with Crippen LogP contribution in [0.5, 0.6) is 0 Å². The topological polar surface area (TPSA) is 84.7 Å². The van der Waals surface area contributed by atoms with Gasteiger partial charge in [-0.15, -0.1) is 5.10 Å². The zero-order valence-electron chi connectivity index (χ0n) is 10.8. The van der Waals surface area contributed by atoms with Gasteiger partial charge >= 0.3 is 0 Å². The molecule has 2 aromatic heterocycles. The molecule has 1 aliphatic rings. The summed E-state index contributed by atoms with van der Waals surface area (Å²) in [6.45, 7) is 3.63. The Kier molecular flexibility index (Phi) is 3.49. The first-order valence-electron chi connectivity index (χ1n) is 6.19. The first-order chi connectivity index (χ1) is 9.63. The van der Waals surface area contributed by atoms with Gasteiger partial charge in [0, 0.05) is 13.1 Å². The number of halogens is 1. The number of nitrogens with zero attached hydrogens (tertiary/aromatic N) is 4. The van der Waals surface area contributed by atoms with E-state index in [1.54, 1.807) is 17.1 Å². The highest BCUT2D eigenvalue weighted by atomic mass is 79.9. The van der Waals surface area contributed by atoms with Gasteiger partial charge in [0.25, 0.3) is 5.91 Å². The minimum Gasteiger partial charge on any atom is -0.319 e. The molecule has 2 aromatic rings. The zero-order valence-corrected chi connectivity index (χ0v) is 12.4. The van der Waals surface area contributed by atoms with Gasteiger partial charge in [0.1, 0.15) is 4.60 Å². The second kappa shape index (κ2) is 5.29. The smallest absolute Gasteiger partial charge is 0.277 e. The van der Waals surface area contributed by atoms with E-state index in [1.165, 1.54) is 0 Å². The second-order valence-electron chi connectivity index (χ2n) is 4.68. The molecule has 0 bridgehead atoms. The van der Waals surface area contributed by atoms with Crippen LogP contribution in [0.2, 0.25) is 0 Å². The van der Waals surface area contributed by atoms with Crippen LogP contribution >= 0.6 is 15.9 Å². The van der Waals surface area contributed by atoms with Crippen molar-refractivity contribution in [2.45, 2.75) is 13.0 Å². The standard InChI is InChI=1S/C12H13BrN6O/c1-7-2-8(3-15-11(7)13)16-12(20)10-6-19(18-17-10)9-4-14-5-9/h2-3,6,9,14H,4-5H2,1H3,(H,16,20). The van der Waals surface area contributed by atoms with Crippen LogP contribution in [0, 0.1) is 6.92 Å². The molecule has 3 rings (SSSR count). The molecule has 0 saturated carbocycles. The summed E-state index contributed by atoms with van der Waals surface area (Å²) in [7, 11) is 0. The van der Waals surface area contributed by atoms with E-state index in [2.05, 4.69) is 41.9 Å². The molecule has 1 saturated heterocycles. The van der Waals surface area contributed by atoms with Gasteiger partial charge in [0.15, 0.2) is 5.69 Å². The SMILES string of the molecule is Cc1cc(NC(=O)c2cn(C3CNC3)nn2)cnc1Br. The summed E-state index contributed by atoms with van der Waals surface area (Å²) in [6.07, 6.45) is 3.26. The van der Waals surface area contributed by atoms with Crippen LogP contribution in [-0.4, -0.2) is 39.0 Å². The quantitative estimate of drug-likeness (QED) is 0.821. The average molecular weight is 337 g/mol. The number of aromatic nitrogens is 4. The van der Waals surface area contributed by atoms with Gasteiger partial charge in [-0.1, -0.05) is 5.21 Å². The van der Waals surface area contributed by atoms with E-state index in [0.29, 0.717) is 17.4 Å². The van der Waals surface area contributed by atoms with Crippen LogP contribution in [-0.2, 0) is 0 Å². The average Bonchev–Trinajstić information content (AvgIpc) is 2.81. The fraction of sp³-hybridized carbons (Fsp3) is 0.333. The third kappa shape index (κ3) is 2.56. The largest absolute Gasteiger partial charge is 0.319 e. The molecule has 8 heteroatoms. The lowest BCUT2D eigenvalue weighted by Crippen LogP contribution is -2.43. The van der Waals surface area contributed by atoms with E-state index < -0.39 is 0 Å². The van der Waals surface area contributed by atoms with E-state index in [1.807, 2.05) is 13.0 Å². The number of carbonyl (C=O) groups excluding carboxylic acids is 1. The minimum absolute atomic E-state index is 0.285. The lowest BCUT2D eigenvalue weighted by Gasteiger charge is -2.26. The van der Waals surface area contributed by atoms with Crippen molar-refractivity contribution in [3.05, 3.63) is 34.3 Å². The van der Waals surface area contributed by atoms with Crippen molar-refractivity contribution in [2.24, 2.45) is 0 Å². The molecule has 3 heterocycles. The van der Waals surface area contributed by atoms with Crippen LogP contribution < -0.4 is 10.6 Å². The van der Waals surface area contributed by atoms with Gasteiger partial charge < -0.3 is 10.6 Å². The van der Waals surface area contributed by atoms with Crippen LogP contribution in [0.4, 0.5) is 5.69 Å². The van der Waals surface area contributed by atoms with E-state index in [0.717, 1.165) is 23.3 Å². The monoisotopic (exact) mass is 336 g/mol. The number of anilines is 1. The maximum Gasteiger partial charge on any atom is 0.277 e. The van der Waals surface area contributed by atoms with Gasteiger partial charge in [-0.05, 0) is 34.5 Å². The second-order valence-corrected chi connectivity index (χ2v) is 5.43. The number of hydrogen-bond donors (Lipinski definition) is 2. The molecule has 0 radical (unpaired) electrons. The van der Waals surface area contributed by atoms with Gasteiger partial charge in [-0.3, -0.25) is 4.79 Å². The Balaban J connectivity index is 1.71. The van der Waals surface area contributed by atoms with Crippen molar-refractivity contribution in [3.8, 4) is 0 Å². The number of carbonyl (C=O) groups is 1. The van der Waals surface area contributed by atoms with E-state index in [-0.39, 0.29) is 5.91 Å². The Morgan fingerprint density at radius 1 is 1.55 bits per heavy atom. The minimum atomic E-state index is -0.285. The van der Waals surface area contributed by atoms with Crippen LogP contribution in [0.15, 0.2) is 23.1 Å². The van der Waals surface area contributed by atoms with E-state index in [4.69, 9.17) is 0 Å². The van der Waals surface area contributed by atoms with Crippen LogP contribution in [0.25, 0.3) is 0 Å². The lowest BCUT2D eigenvalue weighted by atomic mass is 10.2.